The van der Waals surface area contributed by atoms with Gasteiger partial charge in [0, 0.05) is 49.6 Å². The molecule has 0 atom stereocenters. The highest BCUT2D eigenvalue weighted by atomic mass is 15.1. The summed E-state index contributed by atoms with van der Waals surface area (Å²) in [6.45, 7) is 19.1. The highest BCUT2D eigenvalue weighted by Gasteiger charge is 2.26. The molecule has 3 aromatic heterocycles. The summed E-state index contributed by atoms with van der Waals surface area (Å²) in [5.74, 6) is 5.81. The number of aromatic nitrogens is 9. The van der Waals surface area contributed by atoms with Crippen LogP contribution < -0.4 is 0 Å². The maximum Gasteiger partial charge on any atom is 0.164 e. The molecule has 0 radical (unpaired) electrons. The third-order valence-electron chi connectivity index (χ3n) is 8.76. The Bertz CT molecular complexity index is 2330. The van der Waals surface area contributed by atoms with E-state index in [0.717, 1.165) is 45.0 Å². The Labute approximate surface area is 317 Å². The fraction of sp³-hybridized carbons (Fsp3) is 0.267. The van der Waals surface area contributed by atoms with E-state index < -0.39 is 0 Å². The van der Waals surface area contributed by atoms with Gasteiger partial charge in [0.2, 0.25) is 0 Å². The average molecular weight is 712 g/mol. The van der Waals surface area contributed by atoms with Gasteiger partial charge in [0.25, 0.3) is 0 Å². The summed E-state index contributed by atoms with van der Waals surface area (Å²) in [6, 6.07) is 36.1. The highest BCUT2D eigenvalue weighted by molar-refractivity contribution is 5.70. The SMILES string of the molecule is CC(C)(C)c1nc(-c2ccc(-c3nc(-c4ccccc4)nc(-c4ccccc4)n3)cc2)nc(-c2cccc(-c3nc(C(C)(C)C)nc(C(C)(C)C)n3)c2)n1. The molecule has 0 aliphatic carbocycles. The number of hydrogen-bond acceptors (Lipinski definition) is 9. The monoisotopic (exact) mass is 711 g/mol. The zero-order valence-corrected chi connectivity index (χ0v) is 32.4. The van der Waals surface area contributed by atoms with Crippen LogP contribution >= 0.6 is 0 Å². The molecule has 7 aromatic rings. The third-order valence-corrected chi connectivity index (χ3v) is 8.76. The zero-order chi connectivity index (χ0) is 38.3. The van der Waals surface area contributed by atoms with Gasteiger partial charge in [-0.2, -0.15) is 0 Å². The number of rotatable bonds is 6. The van der Waals surface area contributed by atoms with Gasteiger partial charge in [-0.3, -0.25) is 0 Å². The van der Waals surface area contributed by atoms with Crippen molar-refractivity contribution in [3.05, 3.63) is 127 Å². The van der Waals surface area contributed by atoms with Crippen molar-refractivity contribution in [2.24, 2.45) is 0 Å². The van der Waals surface area contributed by atoms with Crippen LogP contribution in [-0.4, -0.2) is 44.9 Å². The molecule has 4 aromatic carbocycles. The summed E-state index contributed by atoms with van der Waals surface area (Å²) in [6.07, 6.45) is 0. The molecule has 7 rings (SSSR count). The van der Waals surface area contributed by atoms with Crippen molar-refractivity contribution >= 4 is 0 Å². The van der Waals surface area contributed by atoms with Crippen molar-refractivity contribution in [3.8, 4) is 68.3 Å². The molecule has 0 aliphatic rings. The minimum atomic E-state index is -0.325. The van der Waals surface area contributed by atoms with Crippen LogP contribution in [0.15, 0.2) is 109 Å². The Hall–Kier alpha value is -6.09. The summed E-state index contributed by atoms with van der Waals surface area (Å²) in [5, 5.41) is 0. The van der Waals surface area contributed by atoms with Gasteiger partial charge in [0.15, 0.2) is 34.9 Å². The second-order valence-corrected chi connectivity index (χ2v) is 16.6. The van der Waals surface area contributed by atoms with Crippen molar-refractivity contribution in [2.75, 3.05) is 0 Å². The van der Waals surface area contributed by atoms with E-state index in [1.165, 1.54) is 0 Å². The van der Waals surface area contributed by atoms with Gasteiger partial charge < -0.3 is 0 Å². The Morgan fingerprint density at radius 1 is 0.259 bits per heavy atom. The standard InChI is InChI=1S/C45H45N9/c1-43(2,3)40-50-37(49-38(51-40)32-21-16-22-33(27-32)39-52-41(44(4,5)6)54-42(53-39)45(7,8)9)31-25-23-30(24-26-31)36-47-34(28-17-12-10-13-18-28)46-35(48-36)29-19-14-11-15-20-29/h10-27H,1-9H3. The molecular formula is C45H45N9. The molecule has 0 unspecified atom stereocenters. The summed E-state index contributed by atoms with van der Waals surface area (Å²) in [4.78, 5) is 44.3. The van der Waals surface area contributed by atoms with Gasteiger partial charge in [-0.05, 0) is 6.07 Å². The first-order chi connectivity index (χ1) is 25.6. The third kappa shape index (κ3) is 7.95. The minimum Gasteiger partial charge on any atom is -0.217 e. The topological polar surface area (TPSA) is 116 Å². The minimum absolute atomic E-state index is 0.243. The molecular weight excluding hydrogens is 667 g/mol. The first kappa shape index (κ1) is 36.3. The van der Waals surface area contributed by atoms with Gasteiger partial charge in [-0.15, -0.1) is 0 Å². The quantitative estimate of drug-likeness (QED) is 0.166. The van der Waals surface area contributed by atoms with Crippen LogP contribution in [0.1, 0.15) is 79.8 Å². The van der Waals surface area contributed by atoms with Crippen molar-refractivity contribution in [1.82, 2.24) is 44.9 Å². The maximum absolute atomic E-state index is 5.03. The van der Waals surface area contributed by atoms with Crippen LogP contribution in [0.2, 0.25) is 0 Å². The molecule has 54 heavy (non-hydrogen) atoms. The van der Waals surface area contributed by atoms with Gasteiger partial charge in [0.1, 0.15) is 17.5 Å². The Kier molecular flexibility index (Phi) is 9.43. The Morgan fingerprint density at radius 2 is 0.519 bits per heavy atom. The molecule has 0 bridgehead atoms. The Morgan fingerprint density at radius 3 is 0.870 bits per heavy atom. The second kappa shape index (κ2) is 14.0. The van der Waals surface area contributed by atoms with Gasteiger partial charge in [-0.1, -0.05) is 165 Å². The number of nitrogens with zero attached hydrogens (tertiary/aromatic N) is 9. The normalized spacial score (nSPS) is 12.2. The van der Waals surface area contributed by atoms with E-state index in [0.29, 0.717) is 40.8 Å². The fourth-order valence-electron chi connectivity index (χ4n) is 5.65. The molecule has 0 amide bonds. The number of hydrogen-bond donors (Lipinski definition) is 0. The van der Waals surface area contributed by atoms with E-state index in [1.54, 1.807) is 0 Å². The van der Waals surface area contributed by atoms with Crippen molar-refractivity contribution in [2.45, 2.75) is 78.6 Å². The predicted molar refractivity (Wildman–Crippen MR) is 215 cm³/mol. The van der Waals surface area contributed by atoms with E-state index in [1.807, 2.05) is 103 Å². The maximum atomic E-state index is 5.03. The van der Waals surface area contributed by atoms with E-state index in [2.05, 4.69) is 68.4 Å². The summed E-state index contributed by atoms with van der Waals surface area (Å²) in [5.41, 5.74) is 4.46. The van der Waals surface area contributed by atoms with Gasteiger partial charge >= 0.3 is 0 Å². The molecule has 0 fully saturated rings. The largest absolute Gasteiger partial charge is 0.217 e. The summed E-state index contributed by atoms with van der Waals surface area (Å²) >= 11 is 0. The molecule has 0 saturated carbocycles. The first-order valence-corrected chi connectivity index (χ1v) is 18.2. The van der Waals surface area contributed by atoms with Crippen LogP contribution in [0.25, 0.3) is 68.3 Å². The summed E-state index contributed by atoms with van der Waals surface area (Å²) in [7, 11) is 0. The highest BCUT2D eigenvalue weighted by Crippen LogP contribution is 2.31. The van der Waals surface area contributed by atoms with Crippen molar-refractivity contribution in [3.63, 3.8) is 0 Å². The average Bonchev–Trinajstić information content (AvgIpc) is 3.17. The lowest BCUT2D eigenvalue weighted by Crippen LogP contribution is -2.24. The lowest BCUT2D eigenvalue weighted by atomic mass is 9.93. The van der Waals surface area contributed by atoms with Crippen molar-refractivity contribution < 1.29 is 0 Å². The molecule has 9 heteroatoms. The predicted octanol–water partition coefficient (Wildman–Crippen LogP) is 10.1. The van der Waals surface area contributed by atoms with E-state index >= 15 is 0 Å². The van der Waals surface area contributed by atoms with Crippen LogP contribution in [0.5, 0.6) is 0 Å². The molecule has 0 N–H and O–H groups in total. The zero-order valence-electron chi connectivity index (χ0n) is 32.4. The first-order valence-electron chi connectivity index (χ1n) is 18.2. The van der Waals surface area contributed by atoms with Crippen LogP contribution in [0, 0.1) is 0 Å². The Balaban J connectivity index is 1.29. The van der Waals surface area contributed by atoms with E-state index in [-0.39, 0.29) is 16.2 Å². The van der Waals surface area contributed by atoms with Gasteiger partial charge in [-0.25, -0.2) is 44.9 Å². The van der Waals surface area contributed by atoms with Crippen LogP contribution in [0.3, 0.4) is 0 Å². The molecule has 0 saturated heterocycles. The fourth-order valence-corrected chi connectivity index (χ4v) is 5.65. The number of benzene rings is 4. The molecule has 0 spiro atoms. The van der Waals surface area contributed by atoms with Gasteiger partial charge in [0.05, 0.1) is 0 Å². The van der Waals surface area contributed by atoms with Crippen LogP contribution in [0.4, 0.5) is 0 Å². The van der Waals surface area contributed by atoms with E-state index in [4.69, 9.17) is 44.9 Å². The van der Waals surface area contributed by atoms with Crippen molar-refractivity contribution in [1.29, 1.82) is 0 Å². The lowest BCUT2D eigenvalue weighted by Gasteiger charge is -2.22. The smallest absolute Gasteiger partial charge is 0.164 e. The van der Waals surface area contributed by atoms with Crippen LogP contribution in [-0.2, 0) is 16.2 Å². The molecule has 3 heterocycles. The summed E-state index contributed by atoms with van der Waals surface area (Å²) < 4.78 is 0. The lowest BCUT2D eigenvalue weighted by molar-refractivity contribution is 0.497. The molecule has 0 aliphatic heterocycles. The molecule has 9 nitrogen and oxygen atoms in total. The molecule has 270 valence electrons. The second-order valence-electron chi connectivity index (χ2n) is 16.6. The van der Waals surface area contributed by atoms with E-state index in [9.17, 15) is 0 Å².